The number of fused-ring (bicyclic) bond motifs is 1. The van der Waals surface area contributed by atoms with Gasteiger partial charge in [0.1, 0.15) is 0 Å². The Labute approximate surface area is 143 Å². The lowest BCUT2D eigenvalue weighted by Crippen LogP contribution is -1.91. The van der Waals surface area contributed by atoms with Gasteiger partial charge >= 0.3 is 0 Å². The van der Waals surface area contributed by atoms with Crippen LogP contribution >= 0.6 is 23.2 Å². The zero-order valence-corrected chi connectivity index (χ0v) is 13.5. The van der Waals surface area contributed by atoms with E-state index in [1.807, 2.05) is 71.3 Å². The molecule has 0 radical (unpaired) electrons. The van der Waals surface area contributed by atoms with Gasteiger partial charge in [-0.15, -0.1) is 10.2 Å². The monoisotopic (exact) mass is 339 g/mol. The minimum Gasteiger partial charge on any atom is -0.282 e. The first-order chi connectivity index (χ1) is 11.2. The van der Waals surface area contributed by atoms with Crippen LogP contribution in [0.4, 0.5) is 0 Å². The van der Waals surface area contributed by atoms with Crippen molar-refractivity contribution < 1.29 is 0 Å². The molecule has 4 aromatic rings. The number of pyridine rings is 1. The van der Waals surface area contributed by atoms with Gasteiger partial charge in [0.15, 0.2) is 11.5 Å². The molecule has 0 N–H and O–H groups in total. The molecule has 3 nitrogen and oxygen atoms in total. The van der Waals surface area contributed by atoms with Crippen LogP contribution in [0.15, 0.2) is 66.9 Å². The molecule has 0 amide bonds. The smallest absolute Gasteiger partial charge is 0.168 e. The quantitative estimate of drug-likeness (QED) is 0.491. The Hall–Kier alpha value is -2.36. The molecule has 2 heterocycles. The molecular weight excluding hydrogens is 329 g/mol. The third kappa shape index (κ3) is 2.69. The normalized spacial score (nSPS) is 11.0. The minimum absolute atomic E-state index is 0.674. The van der Waals surface area contributed by atoms with Crippen LogP contribution < -0.4 is 0 Å². The van der Waals surface area contributed by atoms with E-state index in [1.54, 1.807) is 0 Å². The van der Waals surface area contributed by atoms with E-state index in [4.69, 9.17) is 23.2 Å². The van der Waals surface area contributed by atoms with E-state index in [0.29, 0.717) is 5.02 Å². The van der Waals surface area contributed by atoms with Crippen LogP contribution in [0, 0.1) is 0 Å². The van der Waals surface area contributed by atoms with Gasteiger partial charge in [0.05, 0.1) is 0 Å². The van der Waals surface area contributed by atoms with Crippen molar-refractivity contribution in [2.75, 3.05) is 0 Å². The summed E-state index contributed by atoms with van der Waals surface area (Å²) in [6, 6.07) is 19.3. The first kappa shape index (κ1) is 14.2. The van der Waals surface area contributed by atoms with Crippen molar-refractivity contribution in [3.63, 3.8) is 0 Å². The zero-order valence-electron chi connectivity index (χ0n) is 11.9. The molecule has 4 rings (SSSR count). The molecule has 23 heavy (non-hydrogen) atoms. The highest BCUT2D eigenvalue weighted by molar-refractivity contribution is 6.31. The van der Waals surface area contributed by atoms with Crippen molar-refractivity contribution in [3.05, 3.63) is 76.9 Å². The highest BCUT2D eigenvalue weighted by Crippen LogP contribution is 2.26. The summed E-state index contributed by atoms with van der Waals surface area (Å²) < 4.78 is 1.97. The highest BCUT2D eigenvalue weighted by atomic mass is 35.5. The van der Waals surface area contributed by atoms with Crippen LogP contribution in [0.1, 0.15) is 0 Å². The summed E-state index contributed by atoms with van der Waals surface area (Å²) in [5.74, 6) is 0.762. The van der Waals surface area contributed by atoms with Crippen LogP contribution in [0.25, 0.3) is 28.2 Å². The van der Waals surface area contributed by atoms with Crippen LogP contribution in [0.3, 0.4) is 0 Å². The van der Waals surface area contributed by atoms with E-state index in [-0.39, 0.29) is 0 Å². The lowest BCUT2D eigenvalue weighted by molar-refractivity contribution is 1.11. The predicted octanol–water partition coefficient (Wildman–Crippen LogP) is 5.37. The van der Waals surface area contributed by atoms with E-state index in [9.17, 15) is 0 Å². The summed E-state index contributed by atoms with van der Waals surface area (Å²) in [7, 11) is 0. The Morgan fingerprint density at radius 1 is 0.696 bits per heavy atom. The Morgan fingerprint density at radius 2 is 1.48 bits per heavy atom. The summed E-state index contributed by atoms with van der Waals surface area (Å²) in [6.45, 7) is 0. The Bertz CT molecular complexity index is 991. The number of rotatable bonds is 2. The van der Waals surface area contributed by atoms with Gasteiger partial charge in [-0.25, -0.2) is 0 Å². The second-order valence-electron chi connectivity index (χ2n) is 5.19. The van der Waals surface area contributed by atoms with Gasteiger partial charge < -0.3 is 0 Å². The topological polar surface area (TPSA) is 30.2 Å². The van der Waals surface area contributed by atoms with Gasteiger partial charge in [0, 0.05) is 21.8 Å². The maximum atomic E-state index is 6.08. The summed E-state index contributed by atoms with van der Waals surface area (Å²) in [5.41, 5.74) is 3.87. The molecule has 0 aliphatic rings. The first-order valence-corrected chi connectivity index (χ1v) is 7.83. The maximum Gasteiger partial charge on any atom is 0.168 e. The number of hydrogen-bond donors (Lipinski definition) is 0. The molecule has 0 spiro atoms. The molecule has 0 saturated carbocycles. The van der Waals surface area contributed by atoms with Crippen molar-refractivity contribution in [1.29, 1.82) is 0 Å². The van der Waals surface area contributed by atoms with Crippen LogP contribution in [-0.4, -0.2) is 14.6 Å². The fourth-order valence-electron chi connectivity index (χ4n) is 2.53. The maximum absolute atomic E-state index is 6.08. The number of halogens is 2. The second kappa shape index (κ2) is 5.69. The van der Waals surface area contributed by atoms with Gasteiger partial charge in [0.25, 0.3) is 0 Å². The molecule has 0 unspecified atom stereocenters. The average molecular weight is 340 g/mol. The SMILES string of the molecule is Clc1ccc(-c2ccc3nnc(-c4cccc(Cl)c4)n3c2)cc1. The van der Waals surface area contributed by atoms with E-state index >= 15 is 0 Å². The molecule has 112 valence electrons. The van der Waals surface area contributed by atoms with Gasteiger partial charge in [-0.05, 0) is 47.5 Å². The summed E-state index contributed by atoms with van der Waals surface area (Å²) >= 11 is 12.0. The molecule has 0 fully saturated rings. The van der Waals surface area contributed by atoms with E-state index in [1.165, 1.54) is 0 Å². The standard InChI is InChI=1S/C18H11Cl2N3/c19-15-7-4-12(5-8-15)14-6-9-17-21-22-18(23(17)11-14)13-2-1-3-16(20)10-13/h1-11H. The third-order valence-corrected chi connectivity index (χ3v) is 4.15. The molecule has 0 bridgehead atoms. The lowest BCUT2D eigenvalue weighted by atomic mass is 10.1. The molecule has 2 aromatic heterocycles. The van der Waals surface area contributed by atoms with Gasteiger partial charge in [-0.2, -0.15) is 0 Å². The van der Waals surface area contributed by atoms with Crippen molar-refractivity contribution in [3.8, 4) is 22.5 Å². The summed E-state index contributed by atoms with van der Waals surface area (Å²) in [6.07, 6.45) is 2.02. The number of hydrogen-bond acceptors (Lipinski definition) is 2. The molecule has 0 atom stereocenters. The van der Waals surface area contributed by atoms with E-state index in [2.05, 4.69) is 10.2 Å². The predicted molar refractivity (Wildman–Crippen MR) is 93.9 cm³/mol. The largest absolute Gasteiger partial charge is 0.282 e. The number of benzene rings is 2. The fourth-order valence-corrected chi connectivity index (χ4v) is 2.84. The molecule has 0 aliphatic heterocycles. The van der Waals surface area contributed by atoms with E-state index in [0.717, 1.165) is 33.2 Å². The first-order valence-electron chi connectivity index (χ1n) is 7.07. The highest BCUT2D eigenvalue weighted by Gasteiger charge is 2.09. The second-order valence-corrected chi connectivity index (χ2v) is 6.06. The molecule has 0 aliphatic carbocycles. The van der Waals surface area contributed by atoms with Gasteiger partial charge in [-0.1, -0.05) is 47.5 Å². The van der Waals surface area contributed by atoms with Crippen LogP contribution in [0.5, 0.6) is 0 Å². The summed E-state index contributed by atoms with van der Waals surface area (Å²) in [5, 5.41) is 9.91. The number of nitrogens with zero attached hydrogens (tertiary/aromatic N) is 3. The van der Waals surface area contributed by atoms with Crippen LogP contribution in [-0.2, 0) is 0 Å². The van der Waals surface area contributed by atoms with Crippen molar-refractivity contribution >= 4 is 28.8 Å². The molecule has 5 heteroatoms. The summed E-state index contributed by atoms with van der Waals surface area (Å²) in [4.78, 5) is 0. The van der Waals surface area contributed by atoms with Crippen molar-refractivity contribution in [2.24, 2.45) is 0 Å². The van der Waals surface area contributed by atoms with Crippen LogP contribution in [0.2, 0.25) is 10.0 Å². The molecule has 2 aromatic carbocycles. The third-order valence-electron chi connectivity index (χ3n) is 3.66. The molecular formula is C18H11Cl2N3. The van der Waals surface area contributed by atoms with Gasteiger partial charge in [0.2, 0.25) is 0 Å². The molecule has 0 saturated heterocycles. The Kier molecular flexibility index (Phi) is 3.52. The average Bonchev–Trinajstić information content (AvgIpc) is 2.98. The Morgan fingerprint density at radius 3 is 2.26 bits per heavy atom. The lowest BCUT2D eigenvalue weighted by Gasteiger charge is -2.05. The Balaban J connectivity index is 1.88. The van der Waals surface area contributed by atoms with Crippen molar-refractivity contribution in [2.45, 2.75) is 0 Å². The fraction of sp³-hybridized carbons (Fsp3) is 0. The minimum atomic E-state index is 0.674. The van der Waals surface area contributed by atoms with E-state index < -0.39 is 0 Å². The van der Waals surface area contributed by atoms with Gasteiger partial charge in [-0.3, -0.25) is 4.40 Å². The number of aromatic nitrogens is 3. The zero-order chi connectivity index (χ0) is 15.8. The van der Waals surface area contributed by atoms with Crippen molar-refractivity contribution in [1.82, 2.24) is 14.6 Å².